The first-order valence-electron chi connectivity index (χ1n) is 10.1. The smallest absolute Gasteiger partial charge is 0.323 e. The van der Waals surface area contributed by atoms with Gasteiger partial charge in [-0.25, -0.2) is 14.8 Å². The Labute approximate surface area is 191 Å². The van der Waals surface area contributed by atoms with Gasteiger partial charge in [-0.3, -0.25) is 9.88 Å². The number of nitriles is 1. The van der Waals surface area contributed by atoms with E-state index in [-0.39, 0.29) is 17.9 Å². The molecule has 0 fully saturated rings. The molecule has 0 unspecified atom stereocenters. The molecule has 2 amide bonds. The lowest BCUT2D eigenvalue weighted by Gasteiger charge is -2.35. The second-order valence-electron chi connectivity index (χ2n) is 7.76. The molecule has 10 heteroatoms. The first-order chi connectivity index (χ1) is 16.3. The van der Waals surface area contributed by atoms with E-state index in [4.69, 9.17) is 10.2 Å². The van der Waals surface area contributed by atoms with Crippen molar-refractivity contribution in [3.05, 3.63) is 77.7 Å². The molecule has 4 heterocycles. The van der Waals surface area contributed by atoms with Gasteiger partial charge in [-0.15, -0.1) is 0 Å². The topological polar surface area (TPSA) is 86.0 Å². The van der Waals surface area contributed by atoms with Gasteiger partial charge >= 0.3 is 12.2 Å². The van der Waals surface area contributed by atoms with Crippen LogP contribution in [-0.4, -0.2) is 32.9 Å². The number of carbonyl (C=O) groups is 1. The summed E-state index contributed by atoms with van der Waals surface area (Å²) in [6.07, 6.45) is -1.44. The molecule has 4 aromatic rings. The van der Waals surface area contributed by atoms with Crippen LogP contribution in [-0.2, 0) is 12.7 Å². The largest absolute Gasteiger partial charge is 0.416 e. The van der Waals surface area contributed by atoms with Gasteiger partial charge in [-0.1, -0.05) is 6.07 Å². The maximum Gasteiger partial charge on any atom is 0.416 e. The van der Waals surface area contributed by atoms with Crippen molar-refractivity contribution in [2.75, 3.05) is 11.9 Å². The summed E-state index contributed by atoms with van der Waals surface area (Å²) in [5.74, 6) is 0. The molecule has 3 aromatic heterocycles. The summed E-state index contributed by atoms with van der Waals surface area (Å²) >= 11 is 0. The van der Waals surface area contributed by atoms with Gasteiger partial charge in [0, 0.05) is 30.6 Å². The third kappa shape index (κ3) is 3.57. The van der Waals surface area contributed by atoms with Crippen molar-refractivity contribution in [2.45, 2.75) is 12.7 Å². The van der Waals surface area contributed by atoms with Crippen molar-refractivity contribution in [1.29, 1.82) is 5.26 Å². The summed E-state index contributed by atoms with van der Waals surface area (Å²) in [7, 11) is 1.57. The molecule has 0 aliphatic carbocycles. The Morgan fingerprint density at radius 2 is 1.88 bits per heavy atom. The molecule has 1 aliphatic rings. The van der Waals surface area contributed by atoms with Crippen LogP contribution in [0.15, 0.2) is 60.9 Å². The third-order valence-corrected chi connectivity index (χ3v) is 5.52. The van der Waals surface area contributed by atoms with Crippen molar-refractivity contribution < 1.29 is 18.0 Å². The summed E-state index contributed by atoms with van der Waals surface area (Å²) in [6.45, 7) is 0.233. The minimum Gasteiger partial charge on any atom is -0.323 e. The SMILES string of the molecule is CN1Cc2cnc3ccc(-c4ccc(C#N)nc4)nc3c2N(c2cccc(C(F)(F)F)c2)C1=O. The van der Waals surface area contributed by atoms with E-state index >= 15 is 0 Å². The van der Waals surface area contributed by atoms with Crippen molar-refractivity contribution in [1.82, 2.24) is 19.9 Å². The molecule has 0 bridgehead atoms. The summed E-state index contributed by atoms with van der Waals surface area (Å²) in [5, 5.41) is 8.98. The van der Waals surface area contributed by atoms with Gasteiger partial charge in [-0.05, 0) is 42.5 Å². The quantitative estimate of drug-likeness (QED) is 0.406. The lowest BCUT2D eigenvalue weighted by atomic mass is 10.1. The van der Waals surface area contributed by atoms with Crippen molar-refractivity contribution >= 4 is 28.4 Å². The van der Waals surface area contributed by atoms with Crippen LogP contribution < -0.4 is 4.90 Å². The van der Waals surface area contributed by atoms with Crippen LogP contribution in [0.4, 0.5) is 29.3 Å². The third-order valence-electron chi connectivity index (χ3n) is 5.52. The van der Waals surface area contributed by atoms with E-state index in [1.54, 1.807) is 37.5 Å². The first-order valence-corrected chi connectivity index (χ1v) is 10.1. The Kier molecular flexibility index (Phi) is 4.90. The number of fused-ring (bicyclic) bond motifs is 3. The minimum absolute atomic E-state index is 0.0763. The number of halogens is 3. The number of amides is 2. The number of alkyl halides is 3. The molecule has 0 N–H and O–H groups in total. The molecule has 0 saturated heterocycles. The van der Waals surface area contributed by atoms with E-state index in [1.807, 2.05) is 6.07 Å². The second kappa shape index (κ2) is 7.81. The number of urea groups is 1. The number of nitrogens with zero attached hydrogens (tertiary/aromatic N) is 6. The predicted octanol–water partition coefficient (Wildman–Crippen LogP) is 5.29. The standard InChI is InChI=1S/C24H15F3N6O/c1-32-13-15-12-30-20-8-7-19(14-5-6-17(10-28)29-11-14)31-21(20)22(15)33(23(32)34)18-4-2-3-16(9-18)24(25,26)27/h2-9,11-12H,13H2,1H3. The highest BCUT2D eigenvalue weighted by molar-refractivity contribution is 6.08. The van der Waals surface area contributed by atoms with Crippen LogP contribution in [0.3, 0.4) is 0 Å². The molecule has 168 valence electrons. The molecule has 5 rings (SSSR count). The van der Waals surface area contributed by atoms with E-state index < -0.39 is 17.8 Å². The fourth-order valence-corrected chi connectivity index (χ4v) is 3.88. The van der Waals surface area contributed by atoms with Crippen LogP contribution >= 0.6 is 0 Å². The molecule has 1 aromatic carbocycles. The lowest BCUT2D eigenvalue weighted by Crippen LogP contribution is -2.42. The minimum atomic E-state index is -4.56. The number of aromatic nitrogens is 3. The molecule has 0 saturated carbocycles. The van der Waals surface area contributed by atoms with Gasteiger partial charge in [0.2, 0.25) is 0 Å². The van der Waals surface area contributed by atoms with Gasteiger partial charge < -0.3 is 4.90 Å². The number of hydrogen-bond donors (Lipinski definition) is 0. The zero-order chi connectivity index (χ0) is 24.0. The van der Waals surface area contributed by atoms with E-state index in [0.29, 0.717) is 33.5 Å². The fourth-order valence-electron chi connectivity index (χ4n) is 3.88. The zero-order valence-electron chi connectivity index (χ0n) is 17.7. The average Bonchev–Trinajstić information content (AvgIpc) is 2.84. The zero-order valence-corrected chi connectivity index (χ0v) is 17.7. The first kappa shape index (κ1) is 21.3. The molecule has 0 atom stereocenters. The highest BCUT2D eigenvalue weighted by Gasteiger charge is 2.35. The van der Waals surface area contributed by atoms with Crippen LogP contribution in [0.2, 0.25) is 0 Å². The van der Waals surface area contributed by atoms with E-state index in [1.165, 1.54) is 28.1 Å². The van der Waals surface area contributed by atoms with E-state index in [9.17, 15) is 18.0 Å². The van der Waals surface area contributed by atoms with Crippen molar-refractivity contribution in [3.63, 3.8) is 0 Å². The molecule has 34 heavy (non-hydrogen) atoms. The van der Waals surface area contributed by atoms with Crippen LogP contribution in [0.25, 0.3) is 22.3 Å². The number of rotatable bonds is 2. The second-order valence-corrected chi connectivity index (χ2v) is 7.76. The number of hydrogen-bond acceptors (Lipinski definition) is 5. The average molecular weight is 460 g/mol. The maximum absolute atomic E-state index is 13.4. The maximum atomic E-state index is 13.4. The predicted molar refractivity (Wildman–Crippen MR) is 118 cm³/mol. The van der Waals surface area contributed by atoms with Gasteiger partial charge in [-0.2, -0.15) is 18.4 Å². The molecular formula is C24H15F3N6O. The van der Waals surface area contributed by atoms with Gasteiger partial charge in [0.05, 0.1) is 34.7 Å². The molecule has 0 spiro atoms. The fraction of sp³-hybridized carbons (Fsp3) is 0.125. The lowest BCUT2D eigenvalue weighted by molar-refractivity contribution is -0.137. The van der Waals surface area contributed by atoms with Crippen LogP contribution in [0.1, 0.15) is 16.8 Å². The van der Waals surface area contributed by atoms with Gasteiger partial charge in [0.25, 0.3) is 0 Å². The molecule has 1 aliphatic heterocycles. The summed E-state index contributed by atoms with van der Waals surface area (Å²) < 4.78 is 40.2. The molecular weight excluding hydrogens is 445 g/mol. The number of benzene rings is 1. The Bertz CT molecular complexity index is 1480. The van der Waals surface area contributed by atoms with Crippen LogP contribution in [0, 0.1) is 11.3 Å². The Balaban J connectivity index is 1.73. The summed E-state index contributed by atoms with van der Waals surface area (Å²) in [5.41, 5.74) is 2.53. The monoisotopic (exact) mass is 460 g/mol. The molecule has 0 radical (unpaired) electrons. The highest BCUT2D eigenvalue weighted by atomic mass is 19.4. The van der Waals surface area contributed by atoms with Crippen molar-refractivity contribution in [3.8, 4) is 17.3 Å². The Hall–Kier alpha value is -4.52. The number of carbonyl (C=O) groups excluding carboxylic acids is 1. The molecule has 7 nitrogen and oxygen atoms in total. The van der Waals surface area contributed by atoms with Crippen molar-refractivity contribution in [2.24, 2.45) is 0 Å². The van der Waals surface area contributed by atoms with Gasteiger partial charge in [0.1, 0.15) is 17.3 Å². The van der Waals surface area contributed by atoms with E-state index in [2.05, 4.69) is 9.97 Å². The summed E-state index contributed by atoms with van der Waals surface area (Å²) in [4.78, 5) is 29.0. The van der Waals surface area contributed by atoms with E-state index in [0.717, 1.165) is 12.1 Å². The normalized spacial score (nSPS) is 13.7. The number of pyridine rings is 3. The Morgan fingerprint density at radius 1 is 1.06 bits per heavy atom. The number of anilines is 2. The van der Waals surface area contributed by atoms with Gasteiger partial charge in [0.15, 0.2) is 0 Å². The Morgan fingerprint density at radius 3 is 2.59 bits per heavy atom. The summed E-state index contributed by atoms with van der Waals surface area (Å²) in [6, 6.07) is 12.8. The van der Waals surface area contributed by atoms with Crippen LogP contribution in [0.5, 0.6) is 0 Å². The highest BCUT2D eigenvalue weighted by Crippen LogP contribution is 2.40.